The van der Waals surface area contributed by atoms with E-state index in [1.54, 1.807) is 18.4 Å². The number of nitrogens with one attached hydrogen (secondary N) is 2. The summed E-state index contributed by atoms with van der Waals surface area (Å²) in [6.45, 7) is 7.95. The Morgan fingerprint density at radius 2 is 2.00 bits per heavy atom. The minimum absolute atomic E-state index is 0.289. The van der Waals surface area contributed by atoms with E-state index >= 15 is 0 Å². The fraction of sp³-hybridized carbons (Fsp3) is 0.474. The van der Waals surface area contributed by atoms with E-state index < -0.39 is 6.10 Å². The maximum atomic E-state index is 10.3. The molecule has 2 aromatic rings. The van der Waals surface area contributed by atoms with Gasteiger partial charge in [-0.2, -0.15) is 0 Å². The van der Waals surface area contributed by atoms with Crippen LogP contribution in [0.2, 0.25) is 0 Å². The third kappa shape index (κ3) is 6.00. The van der Waals surface area contributed by atoms with Crippen molar-refractivity contribution in [3.05, 3.63) is 45.4 Å². The van der Waals surface area contributed by atoms with Crippen LogP contribution in [0.4, 0.5) is 0 Å². The van der Waals surface area contributed by atoms with Gasteiger partial charge in [0.05, 0.1) is 30.5 Å². The molecule has 2 rings (SSSR count). The first-order valence-electron chi connectivity index (χ1n) is 8.80. The van der Waals surface area contributed by atoms with Crippen LogP contribution in [0.15, 0.2) is 29.3 Å². The topological polar surface area (TPSA) is 78.8 Å². The Labute approximate surface area is 159 Å². The quantitative estimate of drug-likeness (QED) is 0.488. The van der Waals surface area contributed by atoms with E-state index in [4.69, 9.17) is 4.74 Å². The van der Waals surface area contributed by atoms with Gasteiger partial charge in [-0.1, -0.05) is 12.1 Å². The molecule has 1 unspecified atom stereocenters. The number of benzene rings is 1. The van der Waals surface area contributed by atoms with Crippen LogP contribution < -0.4 is 15.4 Å². The number of guanidine groups is 1. The molecule has 1 aromatic heterocycles. The fourth-order valence-corrected chi connectivity index (χ4v) is 3.32. The molecule has 0 aliphatic carbocycles. The first kappa shape index (κ1) is 20.2. The number of rotatable bonds is 8. The van der Waals surface area contributed by atoms with E-state index in [1.807, 2.05) is 38.1 Å². The summed E-state index contributed by atoms with van der Waals surface area (Å²) in [5, 5.41) is 18.0. The molecule has 3 N–H and O–H groups in total. The van der Waals surface area contributed by atoms with Crippen molar-refractivity contribution in [3.63, 3.8) is 0 Å². The van der Waals surface area contributed by atoms with Crippen LogP contribution in [0.1, 0.15) is 34.2 Å². The molecule has 0 radical (unpaired) electrons. The maximum Gasteiger partial charge on any atom is 0.191 e. The monoisotopic (exact) mass is 376 g/mol. The zero-order chi connectivity index (χ0) is 18.9. The van der Waals surface area contributed by atoms with Crippen LogP contribution in [0.5, 0.6) is 5.75 Å². The van der Waals surface area contributed by atoms with Crippen LogP contribution >= 0.6 is 11.3 Å². The summed E-state index contributed by atoms with van der Waals surface area (Å²) < 4.78 is 5.14. The first-order chi connectivity index (χ1) is 12.5. The number of aryl methyl sites for hydroxylation is 2. The summed E-state index contributed by atoms with van der Waals surface area (Å²) in [6.07, 6.45) is 0.200. The number of methoxy groups -OCH3 is 1. The van der Waals surface area contributed by atoms with Gasteiger partial charge in [0.2, 0.25) is 0 Å². The highest BCUT2D eigenvalue weighted by Crippen LogP contribution is 2.18. The molecule has 1 heterocycles. The van der Waals surface area contributed by atoms with Gasteiger partial charge >= 0.3 is 0 Å². The van der Waals surface area contributed by atoms with Crippen molar-refractivity contribution in [3.8, 4) is 5.75 Å². The van der Waals surface area contributed by atoms with Gasteiger partial charge in [-0.3, -0.25) is 4.99 Å². The lowest BCUT2D eigenvalue weighted by Gasteiger charge is -2.13. The minimum atomic E-state index is -0.652. The Balaban J connectivity index is 1.87. The molecule has 0 amide bonds. The summed E-state index contributed by atoms with van der Waals surface area (Å²) in [7, 11) is 1.62. The van der Waals surface area contributed by atoms with Crippen molar-refractivity contribution in [2.45, 2.75) is 33.3 Å². The van der Waals surface area contributed by atoms with Crippen LogP contribution in [0.25, 0.3) is 0 Å². The lowest BCUT2D eigenvalue weighted by Crippen LogP contribution is -2.38. The Morgan fingerprint density at radius 3 is 2.58 bits per heavy atom. The lowest BCUT2D eigenvalue weighted by atomic mass is 10.1. The molecule has 0 fully saturated rings. The number of aliphatic hydroxyl groups excluding tert-OH is 1. The number of aliphatic hydroxyl groups is 1. The second-order valence-electron chi connectivity index (χ2n) is 5.93. The van der Waals surface area contributed by atoms with Gasteiger partial charge in [-0.25, -0.2) is 4.98 Å². The smallest absolute Gasteiger partial charge is 0.191 e. The highest BCUT2D eigenvalue weighted by Gasteiger charge is 2.08. The Hall–Kier alpha value is -2.12. The lowest BCUT2D eigenvalue weighted by molar-refractivity contribution is 0.187. The molecule has 0 spiro atoms. The van der Waals surface area contributed by atoms with Crippen LogP contribution in [-0.4, -0.2) is 42.8 Å². The molecule has 26 heavy (non-hydrogen) atoms. The number of aliphatic imine (C=N–C) groups is 1. The summed E-state index contributed by atoms with van der Waals surface area (Å²) in [5.41, 5.74) is 1.92. The van der Waals surface area contributed by atoms with Gasteiger partial charge in [0.1, 0.15) is 5.75 Å². The van der Waals surface area contributed by atoms with Crippen molar-refractivity contribution >= 4 is 17.3 Å². The van der Waals surface area contributed by atoms with Gasteiger partial charge in [-0.05, 0) is 38.5 Å². The molecule has 142 valence electrons. The number of hydrogen-bond donors (Lipinski definition) is 3. The molecule has 6 nitrogen and oxygen atoms in total. The summed E-state index contributed by atoms with van der Waals surface area (Å²) in [4.78, 5) is 10.3. The van der Waals surface area contributed by atoms with Crippen LogP contribution in [-0.2, 0) is 6.42 Å². The zero-order valence-electron chi connectivity index (χ0n) is 15.9. The van der Waals surface area contributed by atoms with Crippen molar-refractivity contribution in [1.29, 1.82) is 0 Å². The molecular weight excluding hydrogens is 348 g/mol. The van der Waals surface area contributed by atoms with Crippen molar-refractivity contribution in [2.75, 3.05) is 26.7 Å². The largest absolute Gasteiger partial charge is 0.497 e. The van der Waals surface area contributed by atoms with Crippen molar-refractivity contribution in [1.82, 2.24) is 15.6 Å². The molecule has 7 heteroatoms. The molecule has 0 saturated heterocycles. The molecule has 0 saturated carbocycles. The van der Waals surface area contributed by atoms with Crippen LogP contribution in [0, 0.1) is 13.8 Å². The average molecular weight is 377 g/mol. The molecule has 1 aromatic carbocycles. The predicted molar refractivity (Wildman–Crippen MR) is 107 cm³/mol. The predicted octanol–water partition coefficient (Wildman–Crippen LogP) is 2.60. The van der Waals surface area contributed by atoms with Gasteiger partial charge in [0.15, 0.2) is 5.96 Å². The van der Waals surface area contributed by atoms with E-state index in [0.29, 0.717) is 5.96 Å². The summed E-state index contributed by atoms with van der Waals surface area (Å²) >= 11 is 1.74. The van der Waals surface area contributed by atoms with Gasteiger partial charge in [0, 0.05) is 24.4 Å². The fourth-order valence-electron chi connectivity index (χ4n) is 2.38. The van der Waals surface area contributed by atoms with E-state index in [-0.39, 0.29) is 6.54 Å². The van der Waals surface area contributed by atoms with Gasteiger partial charge in [-0.15, -0.1) is 11.3 Å². The van der Waals surface area contributed by atoms with Gasteiger partial charge in [0.25, 0.3) is 0 Å². The third-order valence-corrected chi connectivity index (χ3v) is 5.10. The SMILES string of the molecule is CCNC(=NCC(O)c1ccc(OC)cc1)NCCc1nc(C)c(C)s1. The minimum Gasteiger partial charge on any atom is -0.497 e. The number of aromatic nitrogens is 1. The zero-order valence-corrected chi connectivity index (χ0v) is 16.7. The standard InChI is InChI=1S/C19H28N4O2S/c1-5-20-19(21-11-10-18-23-13(2)14(3)26-18)22-12-17(24)15-6-8-16(25-4)9-7-15/h6-9,17,24H,5,10-12H2,1-4H3,(H2,20,21,22). The molecule has 0 aliphatic rings. The van der Waals surface area contributed by atoms with Crippen molar-refractivity contribution < 1.29 is 9.84 Å². The molecular formula is C19H28N4O2S. The second-order valence-corrected chi connectivity index (χ2v) is 7.22. The number of nitrogens with zero attached hydrogens (tertiary/aromatic N) is 2. The van der Waals surface area contributed by atoms with E-state index in [0.717, 1.165) is 41.5 Å². The van der Waals surface area contributed by atoms with Crippen molar-refractivity contribution in [2.24, 2.45) is 4.99 Å². The van der Waals surface area contributed by atoms with E-state index in [1.165, 1.54) is 4.88 Å². The molecule has 0 aliphatic heterocycles. The van der Waals surface area contributed by atoms with Gasteiger partial charge < -0.3 is 20.5 Å². The number of hydrogen-bond acceptors (Lipinski definition) is 5. The normalized spacial score (nSPS) is 12.7. The Kier molecular flexibility index (Phi) is 7.87. The Bertz CT molecular complexity index is 693. The maximum absolute atomic E-state index is 10.3. The summed E-state index contributed by atoms with van der Waals surface area (Å²) in [6, 6.07) is 7.38. The van der Waals surface area contributed by atoms with E-state index in [2.05, 4.69) is 27.5 Å². The molecule has 0 bridgehead atoms. The first-order valence-corrected chi connectivity index (χ1v) is 9.62. The second kappa shape index (κ2) is 10.1. The highest BCUT2D eigenvalue weighted by molar-refractivity contribution is 7.11. The average Bonchev–Trinajstić information content (AvgIpc) is 2.97. The van der Waals surface area contributed by atoms with E-state index in [9.17, 15) is 5.11 Å². The highest BCUT2D eigenvalue weighted by atomic mass is 32.1. The number of ether oxygens (including phenoxy) is 1. The third-order valence-electron chi connectivity index (χ3n) is 3.97. The summed E-state index contributed by atoms with van der Waals surface area (Å²) in [5.74, 6) is 1.47. The molecule has 1 atom stereocenters. The van der Waals surface area contributed by atoms with Crippen LogP contribution in [0.3, 0.4) is 0 Å². The number of thiazole rings is 1. The Morgan fingerprint density at radius 1 is 1.27 bits per heavy atom.